The van der Waals surface area contributed by atoms with Crippen LogP contribution in [0.3, 0.4) is 0 Å². The second-order valence-electron chi connectivity index (χ2n) is 5.38. The molecule has 5 nitrogen and oxygen atoms in total. The molecule has 1 amide bonds. The molecule has 3 rings (SSSR count). The fourth-order valence-corrected chi connectivity index (χ4v) is 3.44. The minimum absolute atomic E-state index is 0.0856. The summed E-state index contributed by atoms with van der Waals surface area (Å²) in [5.41, 5.74) is 6.07. The van der Waals surface area contributed by atoms with Gasteiger partial charge < -0.3 is 15.7 Å². The average molecular weight is 282 g/mol. The number of nitrogen functional groups attached to an aromatic ring is 1. The van der Waals surface area contributed by atoms with Crippen LogP contribution in [0.1, 0.15) is 23.2 Å². The monoisotopic (exact) mass is 281 g/mol. The Hall–Kier alpha value is -1.33. The number of rotatable bonds is 1. The molecule has 0 radical (unpaired) electrons. The molecule has 2 aliphatic rings. The number of amides is 1. The zero-order valence-corrected chi connectivity index (χ0v) is 11.2. The zero-order valence-electron chi connectivity index (χ0n) is 10.4. The highest BCUT2D eigenvalue weighted by molar-refractivity contribution is 6.29. The van der Waals surface area contributed by atoms with Crippen molar-refractivity contribution in [3.05, 3.63) is 22.8 Å². The van der Waals surface area contributed by atoms with Gasteiger partial charge in [-0.05, 0) is 30.9 Å². The van der Waals surface area contributed by atoms with Gasteiger partial charge in [0.05, 0.1) is 6.10 Å². The van der Waals surface area contributed by atoms with Crippen LogP contribution in [0.5, 0.6) is 0 Å². The largest absolute Gasteiger partial charge is 0.393 e. The summed E-state index contributed by atoms with van der Waals surface area (Å²) in [7, 11) is 0. The molecule has 0 bridgehead atoms. The summed E-state index contributed by atoms with van der Waals surface area (Å²) in [4.78, 5) is 18.0. The molecule has 3 atom stereocenters. The van der Waals surface area contributed by atoms with Gasteiger partial charge >= 0.3 is 0 Å². The summed E-state index contributed by atoms with van der Waals surface area (Å²) < 4.78 is 0. The van der Waals surface area contributed by atoms with Gasteiger partial charge in [0.1, 0.15) is 11.0 Å². The van der Waals surface area contributed by atoms with Crippen LogP contribution in [-0.4, -0.2) is 40.1 Å². The van der Waals surface area contributed by atoms with Gasteiger partial charge in [0, 0.05) is 24.6 Å². The van der Waals surface area contributed by atoms with Crippen molar-refractivity contribution in [3.8, 4) is 0 Å². The SMILES string of the molecule is Nc1cc(C(=O)N2CC3CCC(O)C3C2)cc(Cl)n1. The Labute approximate surface area is 116 Å². The summed E-state index contributed by atoms with van der Waals surface area (Å²) in [5.74, 6) is 0.806. The van der Waals surface area contributed by atoms with Crippen molar-refractivity contribution in [3.63, 3.8) is 0 Å². The van der Waals surface area contributed by atoms with Crippen LogP contribution in [0.2, 0.25) is 5.15 Å². The molecule has 3 unspecified atom stereocenters. The van der Waals surface area contributed by atoms with Gasteiger partial charge in [-0.2, -0.15) is 0 Å². The standard InChI is InChI=1S/C13H16ClN3O2/c14-11-3-8(4-12(15)16-11)13(19)17-5-7-1-2-10(18)9(7)6-17/h3-4,7,9-10,18H,1-2,5-6H2,(H2,15,16). The predicted molar refractivity (Wildman–Crippen MR) is 71.8 cm³/mol. The summed E-state index contributed by atoms with van der Waals surface area (Å²) in [5, 5.41) is 10.1. The van der Waals surface area contributed by atoms with Crippen LogP contribution in [-0.2, 0) is 0 Å². The number of pyridine rings is 1. The summed E-state index contributed by atoms with van der Waals surface area (Å²) in [6, 6.07) is 3.07. The van der Waals surface area contributed by atoms with E-state index in [0.29, 0.717) is 24.6 Å². The third kappa shape index (κ3) is 2.28. The van der Waals surface area contributed by atoms with Crippen LogP contribution in [0.4, 0.5) is 5.82 Å². The molecule has 1 saturated heterocycles. The third-order valence-corrected chi connectivity index (χ3v) is 4.36. The quantitative estimate of drug-likeness (QED) is 0.757. The lowest BCUT2D eigenvalue weighted by Crippen LogP contribution is -2.31. The number of nitrogens with two attached hydrogens (primary N) is 1. The Balaban J connectivity index is 1.78. The van der Waals surface area contributed by atoms with Crippen LogP contribution in [0, 0.1) is 11.8 Å². The number of hydrogen-bond donors (Lipinski definition) is 2. The normalized spacial score (nSPS) is 29.6. The van der Waals surface area contributed by atoms with Crippen LogP contribution < -0.4 is 5.73 Å². The van der Waals surface area contributed by atoms with Gasteiger partial charge in [-0.15, -0.1) is 0 Å². The molecule has 1 aromatic rings. The molecule has 1 aliphatic heterocycles. The van der Waals surface area contributed by atoms with E-state index < -0.39 is 0 Å². The van der Waals surface area contributed by atoms with E-state index >= 15 is 0 Å². The van der Waals surface area contributed by atoms with E-state index in [1.165, 1.54) is 6.07 Å². The van der Waals surface area contributed by atoms with E-state index in [1.807, 2.05) is 0 Å². The predicted octanol–water partition coefficient (Wildman–Crippen LogP) is 1.16. The molecule has 2 heterocycles. The fraction of sp³-hybridized carbons (Fsp3) is 0.538. The van der Waals surface area contributed by atoms with Gasteiger partial charge in [-0.1, -0.05) is 11.6 Å². The molecule has 1 aliphatic carbocycles. The van der Waals surface area contributed by atoms with Crippen molar-refractivity contribution in [1.29, 1.82) is 0 Å². The first-order valence-corrected chi connectivity index (χ1v) is 6.83. The molecule has 6 heteroatoms. The molecule has 0 spiro atoms. The van der Waals surface area contributed by atoms with Crippen LogP contribution >= 0.6 is 11.6 Å². The number of aromatic nitrogens is 1. The van der Waals surface area contributed by atoms with E-state index in [9.17, 15) is 9.90 Å². The summed E-state index contributed by atoms with van der Waals surface area (Å²) in [6.07, 6.45) is 1.58. The molecule has 2 fully saturated rings. The number of carbonyl (C=O) groups excluding carboxylic acids is 1. The van der Waals surface area contributed by atoms with E-state index in [-0.39, 0.29) is 28.9 Å². The topological polar surface area (TPSA) is 79.5 Å². The van der Waals surface area contributed by atoms with Crippen molar-refractivity contribution in [1.82, 2.24) is 9.88 Å². The first-order chi connectivity index (χ1) is 9.04. The van der Waals surface area contributed by atoms with Crippen molar-refractivity contribution in [2.75, 3.05) is 18.8 Å². The van der Waals surface area contributed by atoms with Gasteiger partial charge in [-0.3, -0.25) is 4.79 Å². The highest BCUT2D eigenvalue weighted by atomic mass is 35.5. The second kappa shape index (κ2) is 4.65. The lowest BCUT2D eigenvalue weighted by molar-refractivity contribution is 0.0752. The highest BCUT2D eigenvalue weighted by Gasteiger charge is 2.43. The minimum Gasteiger partial charge on any atom is -0.393 e. The zero-order chi connectivity index (χ0) is 13.6. The van der Waals surface area contributed by atoms with Crippen LogP contribution in [0.25, 0.3) is 0 Å². The lowest BCUT2D eigenvalue weighted by Gasteiger charge is -2.18. The Morgan fingerprint density at radius 1 is 1.42 bits per heavy atom. The highest BCUT2D eigenvalue weighted by Crippen LogP contribution is 2.38. The van der Waals surface area contributed by atoms with Crippen molar-refractivity contribution >= 4 is 23.3 Å². The third-order valence-electron chi connectivity index (χ3n) is 4.17. The molecule has 102 valence electrons. The number of aliphatic hydroxyl groups is 1. The van der Waals surface area contributed by atoms with E-state index in [2.05, 4.69) is 4.98 Å². The van der Waals surface area contributed by atoms with Crippen molar-refractivity contribution < 1.29 is 9.90 Å². The molecular weight excluding hydrogens is 266 g/mol. The second-order valence-corrected chi connectivity index (χ2v) is 5.77. The van der Waals surface area contributed by atoms with E-state index in [4.69, 9.17) is 17.3 Å². The molecule has 1 aromatic heterocycles. The number of likely N-dealkylation sites (tertiary alicyclic amines) is 1. The Bertz CT molecular complexity index is 502. The van der Waals surface area contributed by atoms with Crippen molar-refractivity contribution in [2.45, 2.75) is 18.9 Å². The van der Waals surface area contributed by atoms with Crippen molar-refractivity contribution in [2.24, 2.45) is 11.8 Å². The number of fused-ring (bicyclic) bond motifs is 1. The maximum Gasteiger partial charge on any atom is 0.254 e. The molecule has 0 aromatic carbocycles. The number of hydrogen-bond acceptors (Lipinski definition) is 4. The van der Waals surface area contributed by atoms with E-state index in [1.54, 1.807) is 11.0 Å². The fourth-order valence-electron chi connectivity index (χ4n) is 3.23. The number of halogens is 1. The minimum atomic E-state index is -0.270. The van der Waals surface area contributed by atoms with Gasteiger partial charge in [-0.25, -0.2) is 4.98 Å². The number of anilines is 1. The lowest BCUT2D eigenvalue weighted by atomic mass is 10.00. The number of aliphatic hydroxyl groups excluding tert-OH is 1. The number of nitrogens with zero attached hydrogens (tertiary/aromatic N) is 2. The van der Waals surface area contributed by atoms with Gasteiger partial charge in [0.15, 0.2) is 0 Å². The van der Waals surface area contributed by atoms with Gasteiger partial charge in [0.2, 0.25) is 0 Å². The molecule has 3 N–H and O–H groups in total. The maximum atomic E-state index is 12.4. The first-order valence-electron chi connectivity index (χ1n) is 6.45. The summed E-state index contributed by atoms with van der Waals surface area (Å²) in [6.45, 7) is 1.32. The number of carbonyl (C=O) groups is 1. The molecule has 1 saturated carbocycles. The Morgan fingerprint density at radius 3 is 2.89 bits per heavy atom. The van der Waals surface area contributed by atoms with Gasteiger partial charge in [0.25, 0.3) is 5.91 Å². The van der Waals surface area contributed by atoms with Crippen LogP contribution in [0.15, 0.2) is 12.1 Å². The maximum absolute atomic E-state index is 12.4. The molecule has 19 heavy (non-hydrogen) atoms. The molecular formula is C13H16ClN3O2. The average Bonchev–Trinajstić information content (AvgIpc) is 2.90. The first kappa shape index (κ1) is 12.7. The summed E-state index contributed by atoms with van der Waals surface area (Å²) >= 11 is 5.82. The smallest absolute Gasteiger partial charge is 0.254 e. The Kier molecular flexibility index (Phi) is 3.11. The van der Waals surface area contributed by atoms with E-state index in [0.717, 1.165) is 12.8 Å². The Morgan fingerprint density at radius 2 is 2.21 bits per heavy atom.